The largest absolute Gasteiger partial charge is 0.236 e. The quantitative estimate of drug-likeness (QED) is 0.678. The Morgan fingerprint density at radius 2 is 1.77 bits per heavy atom. The molecule has 0 bridgehead atoms. The number of hydrogen-bond acceptors (Lipinski definition) is 1. The fourth-order valence-corrected chi connectivity index (χ4v) is 1.95. The molecule has 0 saturated heterocycles. The summed E-state index contributed by atoms with van der Waals surface area (Å²) in [6, 6.07) is 12.9. The molecule has 1 unspecified atom stereocenters. The van der Waals surface area contributed by atoms with E-state index in [0.29, 0.717) is 0 Å². The van der Waals surface area contributed by atoms with Crippen molar-refractivity contribution in [1.29, 1.82) is 0 Å². The molecule has 0 aliphatic heterocycles. The first-order valence-corrected chi connectivity index (χ1v) is 4.98. The molecule has 0 fully saturated rings. The van der Waals surface area contributed by atoms with Gasteiger partial charge in [-0.3, -0.25) is 0 Å². The molecule has 2 aromatic rings. The van der Waals surface area contributed by atoms with Crippen LogP contribution in [0.2, 0.25) is 0 Å². The van der Waals surface area contributed by atoms with Crippen LogP contribution in [-0.4, -0.2) is 0 Å². The second-order valence-corrected chi connectivity index (χ2v) is 3.77. The zero-order valence-electron chi connectivity index (χ0n) is 6.98. The Balaban J connectivity index is 2.29. The summed E-state index contributed by atoms with van der Waals surface area (Å²) in [4.78, 5) is 0.770. The van der Waals surface area contributed by atoms with Crippen molar-refractivity contribution in [2.45, 2.75) is 6.17 Å². The first-order chi connectivity index (χ1) is 6.38. The van der Waals surface area contributed by atoms with Gasteiger partial charge in [0.2, 0.25) is 0 Å². The zero-order valence-corrected chi connectivity index (χ0v) is 7.80. The van der Waals surface area contributed by atoms with Crippen LogP contribution >= 0.6 is 11.3 Å². The summed E-state index contributed by atoms with van der Waals surface area (Å²) in [5.41, 5.74) is 0.727. The van der Waals surface area contributed by atoms with E-state index in [9.17, 15) is 4.39 Å². The Labute approximate surface area is 80.7 Å². The standard InChI is InChI=1S/C11H9FS/c12-11(10-7-4-8-13-10)9-5-2-1-3-6-9/h1-8,11H. The van der Waals surface area contributed by atoms with Crippen molar-refractivity contribution in [2.75, 3.05) is 0 Å². The molecule has 0 radical (unpaired) electrons. The molecule has 1 aromatic carbocycles. The first-order valence-electron chi connectivity index (χ1n) is 4.10. The second-order valence-electron chi connectivity index (χ2n) is 2.79. The van der Waals surface area contributed by atoms with Gasteiger partial charge in [0.25, 0.3) is 0 Å². The summed E-state index contributed by atoms with van der Waals surface area (Å²) < 4.78 is 13.7. The molecule has 1 aromatic heterocycles. The molecule has 2 rings (SSSR count). The number of halogens is 1. The van der Waals surface area contributed by atoms with Crippen molar-refractivity contribution >= 4 is 11.3 Å². The predicted molar refractivity (Wildman–Crippen MR) is 53.7 cm³/mol. The number of alkyl halides is 1. The zero-order chi connectivity index (χ0) is 9.10. The van der Waals surface area contributed by atoms with Crippen molar-refractivity contribution in [2.24, 2.45) is 0 Å². The van der Waals surface area contributed by atoms with Gasteiger partial charge in [0.15, 0.2) is 6.17 Å². The molecule has 0 nitrogen and oxygen atoms in total. The van der Waals surface area contributed by atoms with E-state index in [1.807, 2.05) is 47.8 Å². The topological polar surface area (TPSA) is 0 Å². The van der Waals surface area contributed by atoms with Crippen LogP contribution in [-0.2, 0) is 0 Å². The van der Waals surface area contributed by atoms with E-state index in [1.165, 1.54) is 11.3 Å². The average molecular weight is 192 g/mol. The minimum absolute atomic E-state index is 0.727. The molecule has 0 amide bonds. The lowest BCUT2D eigenvalue weighted by Gasteiger charge is -2.04. The molecule has 0 aliphatic carbocycles. The third kappa shape index (κ3) is 1.78. The maximum Gasteiger partial charge on any atom is 0.159 e. The van der Waals surface area contributed by atoms with Crippen molar-refractivity contribution in [3.05, 3.63) is 58.3 Å². The van der Waals surface area contributed by atoms with Crippen molar-refractivity contribution in [1.82, 2.24) is 0 Å². The summed E-state index contributed by atoms with van der Waals surface area (Å²) in [6.45, 7) is 0. The lowest BCUT2D eigenvalue weighted by Crippen LogP contribution is -1.89. The summed E-state index contributed by atoms with van der Waals surface area (Å²) in [6.07, 6.45) is -0.971. The van der Waals surface area contributed by atoms with Crippen LogP contribution in [0.15, 0.2) is 47.8 Å². The number of rotatable bonds is 2. The third-order valence-corrected chi connectivity index (χ3v) is 2.79. The van der Waals surface area contributed by atoms with Crippen LogP contribution < -0.4 is 0 Å². The molecule has 0 spiro atoms. The van der Waals surface area contributed by atoms with Crippen LogP contribution in [0.3, 0.4) is 0 Å². The third-order valence-electron chi connectivity index (χ3n) is 1.89. The van der Waals surface area contributed by atoms with Crippen LogP contribution in [0.4, 0.5) is 4.39 Å². The average Bonchev–Trinajstić information content (AvgIpc) is 2.71. The van der Waals surface area contributed by atoms with E-state index in [2.05, 4.69) is 0 Å². The highest BCUT2D eigenvalue weighted by Crippen LogP contribution is 2.28. The summed E-state index contributed by atoms with van der Waals surface area (Å²) in [5, 5.41) is 1.89. The highest BCUT2D eigenvalue weighted by Gasteiger charge is 2.11. The summed E-state index contributed by atoms with van der Waals surface area (Å²) >= 11 is 1.45. The Bertz CT molecular complexity index is 353. The van der Waals surface area contributed by atoms with Crippen LogP contribution in [0.1, 0.15) is 16.6 Å². The van der Waals surface area contributed by atoms with Gasteiger partial charge in [0.1, 0.15) is 0 Å². The fraction of sp³-hybridized carbons (Fsp3) is 0.0909. The van der Waals surface area contributed by atoms with Gasteiger partial charge in [-0.2, -0.15) is 0 Å². The SMILES string of the molecule is FC(c1ccccc1)c1cccs1. The lowest BCUT2D eigenvalue weighted by molar-refractivity contribution is 0.408. The molecule has 0 saturated carbocycles. The molecule has 1 atom stereocenters. The molecule has 66 valence electrons. The highest BCUT2D eigenvalue weighted by atomic mass is 32.1. The van der Waals surface area contributed by atoms with Gasteiger partial charge in [-0.1, -0.05) is 36.4 Å². The van der Waals surface area contributed by atoms with Crippen LogP contribution in [0, 0.1) is 0 Å². The van der Waals surface area contributed by atoms with Gasteiger partial charge < -0.3 is 0 Å². The van der Waals surface area contributed by atoms with E-state index < -0.39 is 6.17 Å². The van der Waals surface area contributed by atoms with Crippen LogP contribution in [0.5, 0.6) is 0 Å². The smallest absolute Gasteiger partial charge is 0.159 e. The lowest BCUT2D eigenvalue weighted by atomic mass is 10.1. The van der Waals surface area contributed by atoms with Crippen molar-refractivity contribution < 1.29 is 4.39 Å². The first kappa shape index (κ1) is 8.45. The van der Waals surface area contributed by atoms with E-state index >= 15 is 0 Å². The number of benzene rings is 1. The second kappa shape index (κ2) is 3.71. The summed E-state index contributed by atoms with van der Waals surface area (Å²) in [7, 11) is 0. The van der Waals surface area contributed by atoms with Gasteiger partial charge in [-0.15, -0.1) is 11.3 Å². The molecule has 1 heterocycles. The monoisotopic (exact) mass is 192 g/mol. The van der Waals surface area contributed by atoms with E-state index in [1.54, 1.807) is 0 Å². The normalized spacial score (nSPS) is 12.7. The highest BCUT2D eigenvalue weighted by molar-refractivity contribution is 7.10. The molecule has 2 heteroatoms. The minimum atomic E-state index is -0.971. The Hall–Kier alpha value is -1.15. The molecule has 0 N–H and O–H groups in total. The molecular weight excluding hydrogens is 183 g/mol. The maximum absolute atomic E-state index is 13.7. The Kier molecular flexibility index (Phi) is 2.41. The molecule has 13 heavy (non-hydrogen) atoms. The maximum atomic E-state index is 13.7. The van der Waals surface area contributed by atoms with E-state index in [0.717, 1.165) is 10.4 Å². The van der Waals surface area contributed by atoms with Gasteiger partial charge in [-0.25, -0.2) is 4.39 Å². The predicted octanol–water partition coefficient (Wildman–Crippen LogP) is 3.81. The van der Waals surface area contributed by atoms with Gasteiger partial charge in [-0.05, 0) is 17.0 Å². The van der Waals surface area contributed by atoms with E-state index in [-0.39, 0.29) is 0 Å². The Morgan fingerprint density at radius 3 is 2.38 bits per heavy atom. The number of hydrogen-bond donors (Lipinski definition) is 0. The minimum Gasteiger partial charge on any atom is -0.236 e. The van der Waals surface area contributed by atoms with E-state index in [4.69, 9.17) is 0 Å². The van der Waals surface area contributed by atoms with Gasteiger partial charge in [0, 0.05) is 4.88 Å². The summed E-state index contributed by atoms with van der Waals surface area (Å²) in [5.74, 6) is 0. The van der Waals surface area contributed by atoms with Crippen LogP contribution in [0.25, 0.3) is 0 Å². The van der Waals surface area contributed by atoms with Gasteiger partial charge in [0.05, 0.1) is 0 Å². The van der Waals surface area contributed by atoms with Crippen molar-refractivity contribution in [3.63, 3.8) is 0 Å². The molecular formula is C11H9FS. The number of thiophene rings is 1. The van der Waals surface area contributed by atoms with Gasteiger partial charge >= 0.3 is 0 Å². The fourth-order valence-electron chi connectivity index (χ4n) is 1.22. The Morgan fingerprint density at radius 1 is 1.00 bits per heavy atom. The van der Waals surface area contributed by atoms with Crippen molar-refractivity contribution in [3.8, 4) is 0 Å². The molecule has 0 aliphatic rings.